The van der Waals surface area contributed by atoms with Crippen LogP contribution in [0.5, 0.6) is 0 Å². The topological polar surface area (TPSA) is 71.3 Å². The lowest BCUT2D eigenvalue weighted by Gasteiger charge is -2.11. The van der Waals surface area contributed by atoms with Gasteiger partial charge in [0.05, 0.1) is 12.5 Å². The van der Waals surface area contributed by atoms with E-state index in [1.807, 2.05) is 67.6 Å². The molecule has 1 unspecified atom stereocenters. The van der Waals surface area contributed by atoms with Gasteiger partial charge in [-0.25, -0.2) is 0 Å². The summed E-state index contributed by atoms with van der Waals surface area (Å²) in [4.78, 5) is 24.0. The molecule has 2 amide bonds. The molecular weight excluding hydrogens is 328 g/mol. The van der Waals surface area contributed by atoms with E-state index in [-0.39, 0.29) is 24.3 Å². The zero-order valence-electron chi connectivity index (χ0n) is 14.7. The first-order valence-corrected chi connectivity index (χ1v) is 8.70. The molecule has 1 atom stereocenters. The number of amides is 2. The van der Waals surface area contributed by atoms with E-state index < -0.39 is 0 Å². The maximum absolute atomic E-state index is 12.1. The monoisotopic (exact) mass is 350 g/mol. The van der Waals surface area contributed by atoms with Crippen molar-refractivity contribution in [3.8, 4) is 0 Å². The molecular formula is C21H22N2O3. The molecule has 0 fully saturated rings. The van der Waals surface area contributed by atoms with Crippen molar-refractivity contribution in [2.45, 2.75) is 25.8 Å². The Bertz CT molecular complexity index is 853. The normalized spacial score (nSPS) is 11.9. The molecule has 5 heteroatoms. The molecule has 3 aromatic rings. The van der Waals surface area contributed by atoms with Crippen LogP contribution in [0.15, 0.2) is 65.1 Å². The maximum atomic E-state index is 12.1. The van der Waals surface area contributed by atoms with Crippen LogP contribution < -0.4 is 10.6 Å². The number of benzene rings is 2. The molecule has 26 heavy (non-hydrogen) atoms. The molecule has 0 aliphatic rings. The summed E-state index contributed by atoms with van der Waals surface area (Å²) < 4.78 is 5.76. The average Bonchev–Trinajstić information content (AvgIpc) is 3.07. The van der Waals surface area contributed by atoms with Crippen LogP contribution in [0.4, 0.5) is 0 Å². The fourth-order valence-corrected chi connectivity index (χ4v) is 2.76. The van der Waals surface area contributed by atoms with Crippen LogP contribution in [0.3, 0.4) is 0 Å². The van der Waals surface area contributed by atoms with Gasteiger partial charge in [0, 0.05) is 18.4 Å². The van der Waals surface area contributed by atoms with Gasteiger partial charge in [-0.15, -0.1) is 0 Å². The average molecular weight is 350 g/mol. The molecule has 0 spiro atoms. The van der Waals surface area contributed by atoms with Crippen LogP contribution in [0, 0.1) is 0 Å². The van der Waals surface area contributed by atoms with Gasteiger partial charge in [-0.2, -0.15) is 0 Å². The summed E-state index contributed by atoms with van der Waals surface area (Å²) in [6, 6.07) is 19.0. The Hall–Kier alpha value is -3.08. The number of carbonyl (C=O) groups is 2. The quantitative estimate of drug-likeness (QED) is 0.686. The summed E-state index contributed by atoms with van der Waals surface area (Å²) in [6.45, 7) is 2.19. The third-order valence-electron chi connectivity index (χ3n) is 4.13. The summed E-state index contributed by atoms with van der Waals surface area (Å²) in [5, 5.41) is 6.68. The van der Waals surface area contributed by atoms with Crippen LogP contribution in [0.1, 0.15) is 30.7 Å². The highest BCUT2D eigenvalue weighted by atomic mass is 16.3. The number of carbonyl (C=O) groups excluding carboxylic acids is 2. The summed E-state index contributed by atoms with van der Waals surface area (Å²) in [5.74, 6) is 0.500. The SMILES string of the molecule is CC(NC(=O)CCNC(=O)Cc1ccccc1)c1cc2ccccc2o1. The summed E-state index contributed by atoms with van der Waals surface area (Å²) in [5.41, 5.74) is 1.75. The number of furan rings is 1. The fraction of sp³-hybridized carbons (Fsp3) is 0.238. The first-order valence-electron chi connectivity index (χ1n) is 8.70. The Morgan fingerprint density at radius 2 is 1.73 bits per heavy atom. The summed E-state index contributed by atoms with van der Waals surface area (Å²) in [6.07, 6.45) is 0.545. The van der Waals surface area contributed by atoms with E-state index in [9.17, 15) is 9.59 Å². The Kier molecular flexibility index (Phi) is 5.69. The largest absolute Gasteiger partial charge is 0.459 e. The van der Waals surface area contributed by atoms with E-state index in [1.54, 1.807) is 0 Å². The van der Waals surface area contributed by atoms with Gasteiger partial charge in [0.25, 0.3) is 0 Å². The highest BCUT2D eigenvalue weighted by Crippen LogP contribution is 2.23. The van der Waals surface area contributed by atoms with Gasteiger partial charge >= 0.3 is 0 Å². The van der Waals surface area contributed by atoms with Gasteiger partial charge in [-0.05, 0) is 24.6 Å². The van der Waals surface area contributed by atoms with Crippen molar-refractivity contribution in [2.24, 2.45) is 0 Å². The summed E-state index contributed by atoms with van der Waals surface area (Å²) in [7, 11) is 0. The van der Waals surface area contributed by atoms with Crippen molar-refractivity contribution in [1.82, 2.24) is 10.6 Å². The van der Waals surface area contributed by atoms with E-state index in [4.69, 9.17) is 4.42 Å². The zero-order chi connectivity index (χ0) is 18.4. The number of hydrogen-bond acceptors (Lipinski definition) is 3. The molecule has 1 heterocycles. The van der Waals surface area contributed by atoms with Crippen LogP contribution in [0.25, 0.3) is 11.0 Å². The Labute approximate surface area is 152 Å². The standard InChI is InChI=1S/C21H22N2O3/c1-15(19-14-17-9-5-6-10-18(17)26-19)23-20(24)11-12-22-21(25)13-16-7-3-2-4-8-16/h2-10,14-15H,11-13H2,1H3,(H,22,25)(H,23,24). The highest BCUT2D eigenvalue weighted by molar-refractivity contribution is 5.81. The lowest BCUT2D eigenvalue weighted by molar-refractivity contribution is -0.122. The number of para-hydroxylation sites is 1. The second-order valence-electron chi connectivity index (χ2n) is 6.24. The van der Waals surface area contributed by atoms with Gasteiger partial charge in [0.2, 0.25) is 11.8 Å². The van der Waals surface area contributed by atoms with E-state index >= 15 is 0 Å². The maximum Gasteiger partial charge on any atom is 0.224 e. The number of rotatable bonds is 7. The van der Waals surface area contributed by atoms with Gasteiger partial charge in [0.15, 0.2) is 0 Å². The van der Waals surface area contributed by atoms with E-state index in [2.05, 4.69) is 10.6 Å². The van der Waals surface area contributed by atoms with Crippen LogP contribution in [-0.2, 0) is 16.0 Å². The number of fused-ring (bicyclic) bond motifs is 1. The minimum Gasteiger partial charge on any atom is -0.459 e. The lowest BCUT2D eigenvalue weighted by Crippen LogP contribution is -2.32. The van der Waals surface area contributed by atoms with E-state index in [0.29, 0.717) is 18.7 Å². The molecule has 134 valence electrons. The van der Waals surface area contributed by atoms with Crippen LogP contribution in [-0.4, -0.2) is 18.4 Å². The second kappa shape index (κ2) is 8.34. The van der Waals surface area contributed by atoms with Crippen molar-refractivity contribution in [3.63, 3.8) is 0 Å². The predicted molar refractivity (Wildman–Crippen MR) is 101 cm³/mol. The van der Waals surface area contributed by atoms with Gasteiger partial charge in [0.1, 0.15) is 11.3 Å². The van der Waals surface area contributed by atoms with Crippen molar-refractivity contribution < 1.29 is 14.0 Å². The van der Waals surface area contributed by atoms with Crippen LogP contribution >= 0.6 is 0 Å². The van der Waals surface area contributed by atoms with Gasteiger partial charge in [-0.1, -0.05) is 48.5 Å². The van der Waals surface area contributed by atoms with E-state index in [0.717, 1.165) is 16.5 Å². The summed E-state index contributed by atoms with van der Waals surface area (Å²) >= 11 is 0. The smallest absolute Gasteiger partial charge is 0.224 e. The lowest BCUT2D eigenvalue weighted by atomic mass is 10.1. The Balaban J connectivity index is 1.42. The number of nitrogens with one attached hydrogen (secondary N) is 2. The number of hydrogen-bond donors (Lipinski definition) is 2. The third-order valence-corrected chi connectivity index (χ3v) is 4.13. The molecule has 1 aromatic heterocycles. The molecule has 0 saturated carbocycles. The Morgan fingerprint density at radius 1 is 1.00 bits per heavy atom. The van der Waals surface area contributed by atoms with Gasteiger partial charge < -0.3 is 15.1 Å². The molecule has 0 radical (unpaired) electrons. The molecule has 5 nitrogen and oxygen atoms in total. The molecule has 3 rings (SSSR count). The van der Waals surface area contributed by atoms with Gasteiger partial charge in [-0.3, -0.25) is 9.59 Å². The fourth-order valence-electron chi connectivity index (χ4n) is 2.76. The van der Waals surface area contributed by atoms with Crippen molar-refractivity contribution in [2.75, 3.05) is 6.54 Å². The van der Waals surface area contributed by atoms with Crippen molar-refractivity contribution >= 4 is 22.8 Å². The minimum absolute atomic E-state index is 0.0886. The molecule has 0 saturated heterocycles. The predicted octanol–water partition coefficient (Wildman–Crippen LogP) is 3.36. The van der Waals surface area contributed by atoms with Crippen LogP contribution in [0.2, 0.25) is 0 Å². The molecule has 0 bridgehead atoms. The molecule has 0 aliphatic heterocycles. The van der Waals surface area contributed by atoms with Crippen molar-refractivity contribution in [3.05, 3.63) is 72.0 Å². The van der Waals surface area contributed by atoms with Crippen molar-refractivity contribution in [1.29, 1.82) is 0 Å². The zero-order valence-corrected chi connectivity index (χ0v) is 14.7. The first kappa shape index (κ1) is 17.7. The minimum atomic E-state index is -0.227. The first-order chi connectivity index (χ1) is 12.6. The second-order valence-corrected chi connectivity index (χ2v) is 6.24. The Morgan fingerprint density at radius 3 is 2.50 bits per heavy atom. The third kappa shape index (κ3) is 4.72. The molecule has 2 N–H and O–H groups in total. The molecule has 0 aliphatic carbocycles. The van der Waals surface area contributed by atoms with E-state index in [1.165, 1.54) is 0 Å². The molecule has 2 aromatic carbocycles. The highest BCUT2D eigenvalue weighted by Gasteiger charge is 2.14.